The molecule has 2 rings (SSSR count). The molecule has 0 radical (unpaired) electrons. The molecule has 4 nitrogen and oxygen atoms in total. The zero-order chi connectivity index (χ0) is 14.0. The Labute approximate surface area is 121 Å². The molecule has 0 spiro atoms. The first-order chi connectivity index (χ1) is 9.00. The Morgan fingerprint density at radius 2 is 2.11 bits per heavy atom. The summed E-state index contributed by atoms with van der Waals surface area (Å²) in [6.45, 7) is 0.442. The monoisotopic (exact) mass is 300 g/mol. The number of imide groups is 1. The molecule has 1 heterocycles. The average Bonchev–Trinajstić information content (AvgIpc) is 2.40. The van der Waals surface area contributed by atoms with Crippen LogP contribution in [0.2, 0.25) is 10.0 Å². The molecule has 1 N–H and O–H groups in total. The van der Waals surface area contributed by atoms with Crippen molar-refractivity contribution in [1.82, 2.24) is 10.2 Å². The molecular weight excluding hydrogens is 287 g/mol. The number of carbonyl (C=O) groups excluding carboxylic acids is 2. The van der Waals surface area contributed by atoms with Crippen LogP contribution in [0.4, 0.5) is 0 Å². The molecule has 0 aromatic heterocycles. The first-order valence-electron chi connectivity index (χ1n) is 5.97. The van der Waals surface area contributed by atoms with Crippen molar-refractivity contribution in [2.75, 3.05) is 7.05 Å². The van der Waals surface area contributed by atoms with Gasteiger partial charge in [0.2, 0.25) is 11.8 Å². The Balaban J connectivity index is 2.01. The summed E-state index contributed by atoms with van der Waals surface area (Å²) in [5.41, 5.74) is 0.835. The van der Waals surface area contributed by atoms with Gasteiger partial charge in [0, 0.05) is 20.0 Å². The summed E-state index contributed by atoms with van der Waals surface area (Å²) in [7, 11) is 1.50. The fraction of sp³-hybridized carbons (Fsp3) is 0.385. The van der Waals surface area contributed by atoms with E-state index in [2.05, 4.69) is 5.32 Å². The number of likely N-dealkylation sites (N-methyl/N-ethyl adjacent to an activating group) is 1. The number of hydrogen-bond donors (Lipinski definition) is 1. The molecule has 1 aliphatic rings. The Morgan fingerprint density at radius 3 is 2.84 bits per heavy atom. The van der Waals surface area contributed by atoms with E-state index in [0.29, 0.717) is 29.4 Å². The maximum absolute atomic E-state index is 11.9. The topological polar surface area (TPSA) is 49.4 Å². The van der Waals surface area contributed by atoms with E-state index in [1.165, 1.54) is 11.9 Å². The van der Waals surface area contributed by atoms with E-state index in [0.717, 1.165) is 5.56 Å². The third kappa shape index (κ3) is 3.08. The maximum Gasteiger partial charge on any atom is 0.246 e. The van der Waals surface area contributed by atoms with E-state index in [1.54, 1.807) is 6.07 Å². The Bertz CT molecular complexity index is 519. The SMILES string of the molecule is CN1C(=O)CCC(NCc2cccc(Cl)c2Cl)C1=O. The molecule has 0 saturated carbocycles. The molecule has 6 heteroatoms. The van der Waals surface area contributed by atoms with Gasteiger partial charge >= 0.3 is 0 Å². The summed E-state index contributed by atoms with van der Waals surface area (Å²) in [4.78, 5) is 24.4. The zero-order valence-corrected chi connectivity index (χ0v) is 12.0. The second-order valence-corrected chi connectivity index (χ2v) is 5.26. The maximum atomic E-state index is 11.9. The summed E-state index contributed by atoms with van der Waals surface area (Å²) >= 11 is 12.0. The molecule has 0 aliphatic carbocycles. The van der Waals surface area contributed by atoms with Crippen molar-refractivity contribution in [2.24, 2.45) is 0 Å². The first kappa shape index (κ1) is 14.3. The molecule has 1 saturated heterocycles. The number of halogens is 2. The van der Waals surface area contributed by atoms with Crippen LogP contribution in [0.15, 0.2) is 18.2 Å². The van der Waals surface area contributed by atoms with Crippen molar-refractivity contribution in [3.8, 4) is 0 Å². The van der Waals surface area contributed by atoms with Crippen LogP contribution in [0.25, 0.3) is 0 Å². The van der Waals surface area contributed by atoms with Crippen molar-refractivity contribution in [3.05, 3.63) is 33.8 Å². The van der Waals surface area contributed by atoms with E-state index in [1.807, 2.05) is 12.1 Å². The highest BCUT2D eigenvalue weighted by Gasteiger charge is 2.31. The van der Waals surface area contributed by atoms with Gasteiger partial charge in [-0.05, 0) is 18.1 Å². The Hall–Kier alpha value is -1.10. The third-order valence-corrected chi connectivity index (χ3v) is 4.08. The lowest BCUT2D eigenvalue weighted by molar-refractivity contribution is -0.148. The van der Waals surface area contributed by atoms with Crippen LogP contribution in [0.5, 0.6) is 0 Å². The van der Waals surface area contributed by atoms with E-state index in [-0.39, 0.29) is 17.9 Å². The number of nitrogens with zero attached hydrogens (tertiary/aromatic N) is 1. The van der Waals surface area contributed by atoms with Crippen molar-refractivity contribution < 1.29 is 9.59 Å². The molecule has 1 aromatic carbocycles. The van der Waals surface area contributed by atoms with E-state index in [9.17, 15) is 9.59 Å². The fourth-order valence-electron chi connectivity index (χ4n) is 2.02. The zero-order valence-electron chi connectivity index (χ0n) is 10.5. The third-order valence-electron chi connectivity index (χ3n) is 3.22. The van der Waals surface area contributed by atoms with E-state index >= 15 is 0 Å². The minimum absolute atomic E-state index is 0.135. The van der Waals surface area contributed by atoms with Crippen LogP contribution >= 0.6 is 23.2 Å². The van der Waals surface area contributed by atoms with Crippen molar-refractivity contribution in [2.45, 2.75) is 25.4 Å². The van der Waals surface area contributed by atoms with Crippen LogP contribution in [-0.4, -0.2) is 29.8 Å². The van der Waals surface area contributed by atoms with Gasteiger partial charge in [-0.2, -0.15) is 0 Å². The number of nitrogens with one attached hydrogen (secondary N) is 1. The highest BCUT2D eigenvalue weighted by atomic mass is 35.5. The lowest BCUT2D eigenvalue weighted by Crippen LogP contribution is -2.51. The number of amides is 2. The number of piperidine rings is 1. The van der Waals surface area contributed by atoms with Crippen molar-refractivity contribution >= 4 is 35.0 Å². The smallest absolute Gasteiger partial charge is 0.246 e. The van der Waals surface area contributed by atoms with Crippen LogP contribution in [-0.2, 0) is 16.1 Å². The minimum atomic E-state index is -0.349. The predicted octanol–water partition coefficient (Wildman–Crippen LogP) is 2.23. The fourth-order valence-corrected chi connectivity index (χ4v) is 2.41. The van der Waals surface area contributed by atoms with Gasteiger partial charge in [-0.3, -0.25) is 14.5 Å². The van der Waals surface area contributed by atoms with Gasteiger partial charge in [0.1, 0.15) is 0 Å². The van der Waals surface area contributed by atoms with Gasteiger partial charge in [-0.15, -0.1) is 0 Å². The lowest BCUT2D eigenvalue weighted by Gasteiger charge is -2.28. The number of likely N-dealkylation sites (tertiary alicyclic amines) is 1. The second kappa shape index (κ2) is 5.90. The van der Waals surface area contributed by atoms with Gasteiger partial charge in [-0.1, -0.05) is 35.3 Å². The highest BCUT2D eigenvalue weighted by molar-refractivity contribution is 6.42. The standard InChI is InChI=1S/C13H14Cl2N2O2/c1-17-11(18)6-5-10(13(17)19)16-7-8-3-2-4-9(14)12(8)15/h2-4,10,16H,5-7H2,1H3. The summed E-state index contributed by atoms with van der Waals surface area (Å²) in [6.07, 6.45) is 0.892. The van der Waals surface area contributed by atoms with Gasteiger partial charge in [-0.25, -0.2) is 0 Å². The van der Waals surface area contributed by atoms with E-state index in [4.69, 9.17) is 23.2 Å². The highest BCUT2D eigenvalue weighted by Crippen LogP contribution is 2.25. The summed E-state index contributed by atoms with van der Waals surface area (Å²) in [5.74, 6) is -0.335. The number of rotatable bonds is 3. The molecule has 1 fully saturated rings. The van der Waals surface area contributed by atoms with Crippen LogP contribution in [0, 0.1) is 0 Å². The largest absolute Gasteiger partial charge is 0.302 e. The normalized spacial score (nSPS) is 19.9. The van der Waals surface area contributed by atoms with Crippen molar-refractivity contribution in [3.63, 3.8) is 0 Å². The Kier molecular flexibility index (Phi) is 4.45. The Morgan fingerprint density at radius 1 is 1.37 bits per heavy atom. The van der Waals surface area contributed by atoms with E-state index < -0.39 is 0 Å². The summed E-state index contributed by atoms with van der Waals surface area (Å²) in [5, 5.41) is 4.10. The van der Waals surface area contributed by atoms with Gasteiger partial charge < -0.3 is 5.32 Å². The minimum Gasteiger partial charge on any atom is -0.302 e. The first-order valence-corrected chi connectivity index (χ1v) is 6.73. The molecule has 1 aromatic rings. The number of carbonyl (C=O) groups is 2. The summed E-state index contributed by atoms with van der Waals surface area (Å²) < 4.78 is 0. The van der Waals surface area contributed by atoms with Crippen LogP contribution < -0.4 is 5.32 Å². The van der Waals surface area contributed by atoms with Crippen LogP contribution in [0.1, 0.15) is 18.4 Å². The van der Waals surface area contributed by atoms with Crippen LogP contribution in [0.3, 0.4) is 0 Å². The van der Waals surface area contributed by atoms with Crippen molar-refractivity contribution in [1.29, 1.82) is 0 Å². The van der Waals surface area contributed by atoms with Gasteiger partial charge in [0.15, 0.2) is 0 Å². The molecule has 1 aliphatic heterocycles. The van der Waals surface area contributed by atoms with Gasteiger partial charge in [0.25, 0.3) is 0 Å². The molecular formula is C13H14Cl2N2O2. The summed E-state index contributed by atoms with van der Waals surface area (Å²) in [6, 6.07) is 5.02. The quantitative estimate of drug-likeness (QED) is 0.871. The second-order valence-electron chi connectivity index (χ2n) is 4.48. The molecule has 1 atom stereocenters. The average molecular weight is 301 g/mol. The lowest BCUT2D eigenvalue weighted by atomic mass is 10.0. The number of hydrogen-bond acceptors (Lipinski definition) is 3. The molecule has 1 unspecified atom stereocenters. The molecule has 102 valence electrons. The number of benzene rings is 1. The molecule has 2 amide bonds. The predicted molar refractivity (Wildman–Crippen MR) is 74.1 cm³/mol. The molecule has 19 heavy (non-hydrogen) atoms. The van der Waals surface area contributed by atoms with Gasteiger partial charge in [0.05, 0.1) is 16.1 Å². The molecule has 0 bridgehead atoms.